The van der Waals surface area contributed by atoms with Crippen molar-refractivity contribution in [3.63, 3.8) is 0 Å². The van der Waals surface area contributed by atoms with Gasteiger partial charge in [-0.1, -0.05) is 20.8 Å². The Morgan fingerprint density at radius 2 is 2.00 bits per heavy atom. The second kappa shape index (κ2) is 6.15. The van der Waals surface area contributed by atoms with Gasteiger partial charge in [-0.2, -0.15) is 11.8 Å². The molecule has 2 fully saturated rings. The maximum atomic E-state index is 3.68. The van der Waals surface area contributed by atoms with Crippen LogP contribution in [0.1, 0.15) is 47.0 Å². The number of thioether (sulfide) groups is 1. The summed E-state index contributed by atoms with van der Waals surface area (Å²) in [7, 11) is 0. The van der Waals surface area contributed by atoms with Crippen LogP contribution < -0.4 is 5.32 Å². The van der Waals surface area contributed by atoms with Crippen LogP contribution in [0.2, 0.25) is 0 Å². The third kappa shape index (κ3) is 4.43. The average molecular weight is 270 g/mol. The van der Waals surface area contributed by atoms with Gasteiger partial charge < -0.3 is 5.32 Å². The summed E-state index contributed by atoms with van der Waals surface area (Å²) in [6.45, 7) is 13.3. The minimum atomic E-state index is 0.476. The van der Waals surface area contributed by atoms with Crippen molar-refractivity contribution in [1.82, 2.24) is 10.2 Å². The first-order chi connectivity index (χ1) is 8.48. The van der Waals surface area contributed by atoms with Crippen molar-refractivity contribution in [2.75, 3.05) is 25.4 Å². The largest absolute Gasteiger partial charge is 0.314 e. The van der Waals surface area contributed by atoms with Crippen molar-refractivity contribution in [3.05, 3.63) is 0 Å². The normalized spacial score (nSPS) is 28.7. The molecule has 106 valence electrons. The van der Waals surface area contributed by atoms with Crippen molar-refractivity contribution < 1.29 is 0 Å². The fraction of sp³-hybridized carbons (Fsp3) is 1.00. The molecule has 3 heteroatoms. The molecule has 1 aliphatic carbocycles. The van der Waals surface area contributed by atoms with E-state index in [1.165, 1.54) is 44.6 Å². The number of hydrogen-bond acceptors (Lipinski definition) is 3. The maximum Gasteiger partial charge on any atom is 0.0116 e. The van der Waals surface area contributed by atoms with E-state index >= 15 is 0 Å². The molecule has 2 unspecified atom stereocenters. The van der Waals surface area contributed by atoms with Gasteiger partial charge in [0.1, 0.15) is 0 Å². The zero-order valence-electron chi connectivity index (χ0n) is 12.5. The molecular formula is C15H30N2S. The summed E-state index contributed by atoms with van der Waals surface area (Å²) in [6.07, 6.45) is 4.12. The smallest absolute Gasteiger partial charge is 0.0116 e. The van der Waals surface area contributed by atoms with Gasteiger partial charge in [0.05, 0.1) is 0 Å². The summed E-state index contributed by atoms with van der Waals surface area (Å²) >= 11 is 2.15. The lowest BCUT2D eigenvalue weighted by atomic mass is 10.0. The van der Waals surface area contributed by atoms with Gasteiger partial charge in [-0.3, -0.25) is 4.90 Å². The third-order valence-electron chi connectivity index (χ3n) is 4.58. The molecule has 0 radical (unpaired) electrons. The standard InChI is InChI=1S/C15H30N2S/c1-12(11-16-14-5-6-14)13(2)17-8-7-15(3,4)18-10-9-17/h12-14,16H,5-11H2,1-4H3. The molecule has 1 N–H and O–H groups in total. The van der Waals surface area contributed by atoms with Gasteiger partial charge in [0.2, 0.25) is 0 Å². The predicted octanol–water partition coefficient (Wildman–Crippen LogP) is 2.98. The van der Waals surface area contributed by atoms with Gasteiger partial charge in [-0.15, -0.1) is 0 Å². The minimum absolute atomic E-state index is 0.476. The van der Waals surface area contributed by atoms with Crippen LogP contribution in [-0.4, -0.2) is 47.1 Å². The number of rotatable bonds is 5. The Labute approximate surface area is 117 Å². The van der Waals surface area contributed by atoms with Crippen molar-refractivity contribution in [1.29, 1.82) is 0 Å². The summed E-state index contributed by atoms with van der Waals surface area (Å²) in [5.74, 6) is 2.05. The molecule has 0 amide bonds. The molecule has 1 saturated carbocycles. The molecule has 2 atom stereocenters. The summed E-state index contributed by atoms with van der Waals surface area (Å²) in [5.41, 5.74) is 0. The van der Waals surface area contributed by atoms with Gasteiger partial charge in [-0.25, -0.2) is 0 Å². The first-order valence-corrected chi connectivity index (χ1v) is 8.58. The molecule has 18 heavy (non-hydrogen) atoms. The monoisotopic (exact) mass is 270 g/mol. The van der Waals surface area contributed by atoms with E-state index < -0.39 is 0 Å². The van der Waals surface area contributed by atoms with Crippen LogP contribution in [0, 0.1) is 5.92 Å². The molecule has 1 saturated heterocycles. The Hall–Kier alpha value is 0.270. The maximum absolute atomic E-state index is 3.68. The lowest BCUT2D eigenvalue weighted by Crippen LogP contribution is -2.42. The molecule has 2 rings (SSSR count). The molecule has 0 bridgehead atoms. The Balaban J connectivity index is 1.77. The van der Waals surface area contributed by atoms with Gasteiger partial charge in [0.15, 0.2) is 0 Å². The molecule has 2 nitrogen and oxygen atoms in total. The second-order valence-electron chi connectivity index (χ2n) is 6.79. The zero-order chi connectivity index (χ0) is 13.2. The highest BCUT2D eigenvalue weighted by Crippen LogP contribution is 2.31. The van der Waals surface area contributed by atoms with E-state index in [-0.39, 0.29) is 0 Å². The first kappa shape index (κ1) is 14.7. The zero-order valence-corrected chi connectivity index (χ0v) is 13.4. The highest BCUT2D eigenvalue weighted by atomic mass is 32.2. The number of hydrogen-bond donors (Lipinski definition) is 1. The highest BCUT2D eigenvalue weighted by molar-refractivity contribution is 8.00. The van der Waals surface area contributed by atoms with E-state index in [0.29, 0.717) is 10.8 Å². The van der Waals surface area contributed by atoms with Crippen LogP contribution >= 0.6 is 11.8 Å². The number of nitrogens with zero attached hydrogens (tertiary/aromatic N) is 1. The van der Waals surface area contributed by atoms with Crippen molar-refractivity contribution >= 4 is 11.8 Å². The molecule has 0 aromatic carbocycles. The fourth-order valence-electron chi connectivity index (χ4n) is 2.61. The first-order valence-electron chi connectivity index (χ1n) is 7.59. The number of nitrogens with one attached hydrogen (secondary N) is 1. The Kier molecular flexibility index (Phi) is 5.01. The van der Waals surface area contributed by atoms with E-state index in [0.717, 1.165) is 12.0 Å². The van der Waals surface area contributed by atoms with Crippen molar-refractivity contribution in [2.45, 2.75) is 63.8 Å². The molecule has 0 spiro atoms. The summed E-state index contributed by atoms with van der Waals surface area (Å²) in [5, 5.41) is 3.68. The minimum Gasteiger partial charge on any atom is -0.314 e. The van der Waals surface area contributed by atoms with Gasteiger partial charge in [0.25, 0.3) is 0 Å². The SMILES string of the molecule is CC(CNC1CC1)C(C)N1CCSC(C)(C)CC1. The van der Waals surface area contributed by atoms with E-state index in [2.05, 4.69) is 49.7 Å². The fourth-order valence-corrected chi connectivity index (χ4v) is 3.73. The van der Waals surface area contributed by atoms with E-state index in [4.69, 9.17) is 0 Å². The topological polar surface area (TPSA) is 15.3 Å². The Morgan fingerprint density at radius 1 is 1.28 bits per heavy atom. The summed E-state index contributed by atoms with van der Waals surface area (Å²) in [6, 6.07) is 1.56. The highest BCUT2D eigenvalue weighted by Gasteiger charge is 2.28. The van der Waals surface area contributed by atoms with Crippen molar-refractivity contribution in [2.24, 2.45) is 5.92 Å². The van der Waals surface area contributed by atoms with Crippen LogP contribution in [0.5, 0.6) is 0 Å². The van der Waals surface area contributed by atoms with Gasteiger partial charge in [0, 0.05) is 29.1 Å². The molecule has 1 heterocycles. The van der Waals surface area contributed by atoms with E-state index in [9.17, 15) is 0 Å². The van der Waals surface area contributed by atoms with Gasteiger partial charge in [-0.05, 0) is 45.2 Å². The van der Waals surface area contributed by atoms with Crippen LogP contribution in [-0.2, 0) is 0 Å². The molecule has 0 aromatic rings. The van der Waals surface area contributed by atoms with Gasteiger partial charge >= 0.3 is 0 Å². The Bertz CT molecular complexity index is 263. The third-order valence-corrected chi connectivity index (χ3v) is 5.95. The van der Waals surface area contributed by atoms with Crippen molar-refractivity contribution in [3.8, 4) is 0 Å². The molecule has 1 aliphatic heterocycles. The summed E-state index contributed by atoms with van der Waals surface area (Å²) < 4.78 is 0.476. The van der Waals surface area contributed by atoms with Crippen LogP contribution in [0.15, 0.2) is 0 Å². The van der Waals surface area contributed by atoms with Crippen LogP contribution in [0.3, 0.4) is 0 Å². The van der Waals surface area contributed by atoms with E-state index in [1.54, 1.807) is 0 Å². The second-order valence-corrected chi connectivity index (χ2v) is 8.60. The quantitative estimate of drug-likeness (QED) is 0.827. The molecular weight excluding hydrogens is 240 g/mol. The lowest BCUT2D eigenvalue weighted by molar-refractivity contribution is 0.166. The van der Waals surface area contributed by atoms with E-state index in [1.807, 2.05) is 0 Å². The molecule has 2 aliphatic rings. The molecule has 0 aromatic heterocycles. The Morgan fingerprint density at radius 3 is 2.67 bits per heavy atom. The lowest BCUT2D eigenvalue weighted by Gasteiger charge is -2.32. The predicted molar refractivity (Wildman–Crippen MR) is 82.4 cm³/mol. The summed E-state index contributed by atoms with van der Waals surface area (Å²) in [4.78, 5) is 2.71. The van der Waals surface area contributed by atoms with Crippen LogP contribution in [0.4, 0.5) is 0 Å². The van der Waals surface area contributed by atoms with Crippen LogP contribution in [0.25, 0.3) is 0 Å². The average Bonchev–Trinajstić information content (AvgIpc) is 3.13.